The van der Waals surface area contributed by atoms with Gasteiger partial charge in [-0.3, -0.25) is 9.59 Å². The fourth-order valence-corrected chi connectivity index (χ4v) is 4.20. The van der Waals surface area contributed by atoms with Crippen molar-refractivity contribution in [1.82, 2.24) is 10.3 Å². The molecule has 0 saturated carbocycles. The number of benzene rings is 1. The molecular weight excluding hydrogens is 350 g/mol. The van der Waals surface area contributed by atoms with Crippen LogP contribution in [0.25, 0.3) is 0 Å². The van der Waals surface area contributed by atoms with E-state index < -0.39 is 0 Å². The van der Waals surface area contributed by atoms with Crippen LogP contribution < -0.4 is 10.6 Å². The van der Waals surface area contributed by atoms with Gasteiger partial charge in [-0.25, -0.2) is 0 Å². The number of carbonyl (C=O) groups is 2. The Morgan fingerprint density at radius 2 is 1.93 bits per heavy atom. The number of nitrogens with one attached hydrogen (secondary N) is 3. The van der Waals surface area contributed by atoms with Crippen LogP contribution in [-0.2, 0) is 11.2 Å². The lowest BCUT2D eigenvalue weighted by Crippen LogP contribution is -2.25. The number of H-pyrrole nitrogens is 1. The topological polar surface area (TPSA) is 74.0 Å². The zero-order chi connectivity index (χ0) is 20.3. The monoisotopic (exact) mass is 381 g/mol. The lowest BCUT2D eigenvalue weighted by Gasteiger charge is -2.11. The molecule has 5 heteroatoms. The Morgan fingerprint density at radius 1 is 1.14 bits per heavy atom. The molecule has 0 radical (unpaired) electrons. The van der Waals surface area contributed by atoms with Crippen LogP contribution in [0.2, 0.25) is 0 Å². The standard InChI is InChI=1S/C23H31N3O2/c1-5-6-7-8-12-24-23(28)21-15(3)19(25-16(21)4)13-17-20-14(2)10-9-11-18(20)26-22(17)27/h9-11,17,25H,5-8,12-13H2,1-4H3,(H,24,28)(H,26,27). The zero-order valence-electron chi connectivity index (χ0n) is 17.4. The summed E-state index contributed by atoms with van der Waals surface area (Å²) < 4.78 is 0. The fourth-order valence-electron chi connectivity index (χ4n) is 4.20. The molecule has 2 heterocycles. The van der Waals surface area contributed by atoms with Crippen molar-refractivity contribution in [3.8, 4) is 0 Å². The molecule has 3 N–H and O–H groups in total. The summed E-state index contributed by atoms with van der Waals surface area (Å²) in [6, 6.07) is 5.95. The summed E-state index contributed by atoms with van der Waals surface area (Å²) in [7, 11) is 0. The van der Waals surface area contributed by atoms with E-state index in [2.05, 4.69) is 22.5 Å². The van der Waals surface area contributed by atoms with Crippen LogP contribution in [0.3, 0.4) is 0 Å². The number of unbranched alkanes of at least 4 members (excludes halogenated alkanes) is 3. The molecule has 1 aromatic heterocycles. The normalized spacial score (nSPS) is 15.4. The maximum absolute atomic E-state index is 12.7. The summed E-state index contributed by atoms with van der Waals surface area (Å²) in [6.07, 6.45) is 5.10. The first-order valence-corrected chi connectivity index (χ1v) is 10.3. The molecule has 0 bridgehead atoms. The second kappa shape index (κ2) is 8.63. The predicted molar refractivity (Wildman–Crippen MR) is 113 cm³/mol. The van der Waals surface area contributed by atoms with Crippen LogP contribution in [-0.4, -0.2) is 23.3 Å². The summed E-state index contributed by atoms with van der Waals surface area (Å²) in [6.45, 7) is 8.82. The van der Waals surface area contributed by atoms with E-state index in [9.17, 15) is 9.59 Å². The third kappa shape index (κ3) is 3.98. The largest absolute Gasteiger partial charge is 0.362 e. The van der Waals surface area contributed by atoms with E-state index in [4.69, 9.17) is 0 Å². The zero-order valence-corrected chi connectivity index (χ0v) is 17.4. The summed E-state index contributed by atoms with van der Waals surface area (Å²) >= 11 is 0. The van der Waals surface area contributed by atoms with Crippen molar-refractivity contribution in [3.05, 3.63) is 51.8 Å². The summed E-state index contributed by atoms with van der Waals surface area (Å²) in [4.78, 5) is 28.6. The third-order valence-corrected chi connectivity index (χ3v) is 5.74. The molecule has 1 aliphatic rings. The molecule has 0 fully saturated rings. The highest BCUT2D eigenvalue weighted by Crippen LogP contribution is 2.37. The van der Waals surface area contributed by atoms with Gasteiger partial charge in [-0.1, -0.05) is 38.3 Å². The molecule has 5 nitrogen and oxygen atoms in total. The van der Waals surface area contributed by atoms with E-state index in [0.717, 1.165) is 46.6 Å². The molecule has 1 unspecified atom stereocenters. The van der Waals surface area contributed by atoms with E-state index in [1.807, 2.05) is 39.0 Å². The maximum Gasteiger partial charge on any atom is 0.253 e. The van der Waals surface area contributed by atoms with Crippen LogP contribution in [0.15, 0.2) is 18.2 Å². The van der Waals surface area contributed by atoms with Gasteiger partial charge in [-0.2, -0.15) is 0 Å². The number of carbonyl (C=O) groups excluding carboxylic acids is 2. The maximum atomic E-state index is 12.7. The Hall–Kier alpha value is -2.56. The van der Waals surface area contributed by atoms with Gasteiger partial charge in [0.05, 0.1) is 11.5 Å². The molecule has 2 amide bonds. The number of fused-ring (bicyclic) bond motifs is 1. The Kier molecular flexibility index (Phi) is 6.22. The highest BCUT2D eigenvalue weighted by molar-refractivity contribution is 6.03. The quantitative estimate of drug-likeness (QED) is 0.588. The van der Waals surface area contributed by atoms with E-state index in [-0.39, 0.29) is 17.7 Å². The Morgan fingerprint density at radius 3 is 2.68 bits per heavy atom. The fraction of sp³-hybridized carbons (Fsp3) is 0.478. The Labute approximate surface area is 167 Å². The van der Waals surface area contributed by atoms with Gasteiger partial charge in [0.25, 0.3) is 5.91 Å². The van der Waals surface area contributed by atoms with Gasteiger partial charge < -0.3 is 15.6 Å². The van der Waals surface area contributed by atoms with Gasteiger partial charge in [-0.15, -0.1) is 0 Å². The average Bonchev–Trinajstić information content (AvgIpc) is 3.12. The number of rotatable bonds is 8. The first-order valence-electron chi connectivity index (χ1n) is 10.3. The smallest absolute Gasteiger partial charge is 0.253 e. The number of aryl methyl sites for hydroxylation is 2. The molecule has 2 aromatic rings. The first-order chi connectivity index (χ1) is 13.4. The van der Waals surface area contributed by atoms with Crippen molar-refractivity contribution in [1.29, 1.82) is 0 Å². The molecule has 3 rings (SSSR count). The van der Waals surface area contributed by atoms with Crippen LogP contribution in [0.5, 0.6) is 0 Å². The van der Waals surface area contributed by atoms with Gasteiger partial charge >= 0.3 is 0 Å². The summed E-state index contributed by atoms with van der Waals surface area (Å²) in [5, 5.41) is 6.03. The van der Waals surface area contributed by atoms with Gasteiger partial charge in [0, 0.05) is 30.0 Å². The van der Waals surface area contributed by atoms with Crippen molar-refractivity contribution in [2.75, 3.05) is 11.9 Å². The van der Waals surface area contributed by atoms with Crippen LogP contribution in [0, 0.1) is 20.8 Å². The second-order valence-corrected chi connectivity index (χ2v) is 7.83. The Balaban J connectivity index is 1.74. The van der Waals surface area contributed by atoms with E-state index in [0.29, 0.717) is 18.5 Å². The SMILES string of the molecule is CCCCCCNC(=O)c1c(C)[nH]c(CC2C(=O)Nc3cccc(C)c32)c1C. The molecular formula is C23H31N3O2. The molecule has 1 aromatic carbocycles. The molecule has 1 atom stereocenters. The van der Waals surface area contributed by atoms with Crippen molar-refractivity contribution in [3.63, 3.8) is 0 Å². The van der Waals surface area contributed by atoms with Crippen LogP contribution in [0.4, 0.5) is 5.69 Å². The van der Waals surface area contributed by atoms with Gasteiger partial charge in [0.1, 0.15) is 0 Å². The number of hydrogen-bond donors (Lipinski definition) is 3. The van der Waals surface area contributed by atoms with Crippen molar-refractivity contribution in [2.45, 2.75) is 65.7 Å². The number of aromatic nitrogens is 1. The minimum Gasteiger partial charge on any atom is -0.362 e. The number of aromatic amines is 1. The molecule has 0 saturated heterocycles. The Bertz CT molecular complexity index is 882. The van der Waals surface area contributed by atoms with E-state index in [1.54, 1.807) is 0 Å². The first kappa shape index (κ1) is 20.2. The second-order valence-electron chi connectivity index (χ2n) is 7.83. The number of anilines is 1. The van der Waals surface area contributed by atoms with Crippen molar-refractivity contribution < 1.29 is 9.59 Å². The summed E-state index contributed by atoms with van der Waals surface area (Å²) in [5.41, 5.74) is 6.58. The summed E-state index contributed by atoms with van der Waals surface area (Å²) in [5.74, 6) is -0.225. The molecule has 0 spiro atoms. The molecule has 150 valence electrons. The highest BCUT2D eigenvalue weighted by atomic mass is 16.2. The minimum absolute atomic E-state index is 0.0258. The highest BCUT2D eigenvalue weighted by Gasteiger charge is 2.33. The number of hydrogen-bond acceptors (Lipinski definition) is 2. The molecule has 28 heavy (non-hydrogen) atoms. The van der Waals surface area contributed by atoms with Crippen LogP contribution >= 0.6 is 0 Å². The van der Waals surface area contributed by atoms with Crippen molar-refractivity contribution in [2.24, 2.45) is 0 Å². The predicted octanol–water partition coefficient (Wildman–Crippen LogP) is 4.53. The van der Waals surface area contributed by atoms with Gasteiger partial charge in [0.2, 0.25) is 5.91 Å². The van der Waals surface area contributed by atoms with Gasteiger partial charge in [0.15, 0.2) is 0 Å². The van der Waals surface area contributed by atoms with Crippen molar-refractivity contribution >= 4 is 17.5 Å². The molecule has 1 aliphatic heterocycles. The average molecular weight is 382 g/mol. The van der Waals surface area contributed by atoms with Crippen LogP contribution in [0.1, 0.15) is 77.0 Å². The minimum atomic E-state index is -0.224. The third-order valence-electron chi connectivity index (χ3n) is 5.74. The van der Waals surface area contributed by atoms with E-state index in [1.165, 1.54) is 12.8 Å². The lowest BCUT2D eigenvalue weighted by molar-refractivity contribution is -0.117. The van der Waals surface area contributed by atoms with Gasteiger partial charge in [-0.05, 0) is 49.9 Å². The lowest BCUT2D eigenvalue weighted by atomic mass is 9.91. The molecule has 0 aliphatic carbocycles. The number of amides is 2. The van der Waals surface area contributed by atoms with E-state index >= 15 is 0 Å².